The Balaban J connectivity index is 0.00000106. The van der Waals surface area contributed by atoms with Gasteiger partial charge in [-0.25, -0.2) is 4.39 Å². The Morgan fingerprint density at radius 1 is 1.50 bits per heavy atom. The number of anilines is 1. The van der Waals surface area contributed by atoms with E-state index in [0.29, 0.717) is 17.6 Å². The lowest BCUT2D eigenvalue weighted by atomic mass is 10.1. The van der Waals surface area contributed by atoms with E-state index in [9.17, 15) is 4.39 Å². The Labute approximate surface area is 110 Å². The summed E-state index contributed by atoms with van der Waals surface area (Å²) in [7, 11) is 0. The minimum Gasteiger partial charge on any atom is -0.505 e. The zero-order valence-corrected chi connectivity index (χ0v) is 12.5. The Morgan fingerprint density at radius 3 is 2.50 bits per heavy atom. The van der Waals surface area contributed by atoms with Crippen molar-refractivity contribution in [3.8, 4) is 5.75 Å². The first-order valence-electron chi connectivity index (χ1n) is 4.76. The van der Waals surface area contributed by atoms with Crippen molar-refractivity contribution in [1.82, 2.24) is 0 Å². The van der Waals surface area contributed by atoms with Crippen molar-refractivity contribution in [2.45, 2.75) is 20.8 Å². The van der Waals surface area contributed by atoms with Gasteiger partial charge in [-0.3, -0.25) is 0 Å². The normalized spacial score (nSPS) is 9.81. The molecule has 0 fully saturated rings. The molecule has 1 unspecified atom stereocenters. The molecule has 0 saturated heterocycles. The molecule has 0 spiro atoms. The zero-order chi connectivity index (χ0) is 12.7. The lowest BCUT2D eigenvalue weighted by Crippen LogP contribution is -1.98. The Hall–Kier alpha value is -0.420. The first kappa shape index (κ1) is 15.6. The summed E-state index contributed by atoms with van der Waals surface area (Å²) < 4.78 is 13.0. The number of halogens is 2. The van der Waals surface area contributed by atoms with Gasteiger partial charge < -0.3 is 15.6 Å². The van der Waals surface area contributed by atoms with Crippen molar-refractivity contribution in [3.63, 3.8) is 0 Å². The molecule has 1 atom stereocenters. The molecular weight excluding hydrogens is 341 g/mol. The molecule has 16 heavy (non-hydrogen) atoms. The van der Waals surface area contributed by atoms with Gasteiger partial charge in [0.05, 0.1) is 0 Å². The maximum atomic E-state index is 13.0. The van der Waals surface area contributed by atoms with Crippen molar-refractivity contribution >= 4 is 39.8 Å². The molecule has 0 bridgehead atoms. The molecule has 6 heteroatoms. The molecule has 0 aliphatic rings. The van der Waals surface area contributed by atoms with Crippen LogP contribution < -0.4 is 5.09 Å². The van der Waals surface area contributed by atoms with Crippen LogP contribution in [-0.2, 0) is 0 Å². The monoisotopic (exact) mass is 356 g/mol. The molecule has 0 aliphatic carbocycles. The fraction of sp³-hybridized carbons (Fsp3) is 0.300. The largest absolute Gasteiger partial charge is 0.505 e. The van der Waals surface area contributed by atoms with Crippen LogP contribution in [0.3, 0.4) is 0 Å². The highest BCUT2D eigenvalue weighted by atomic mass is 127. The Kier molecular flexibility index (Phi) is 7.58. The van der Waals surface area contributed by atoms with Gasteiger partial charge in [0.25, 0.3) is 0 Å². The second-order valence-corrected chi connectivity index (χ2v) is 4.75. The molecule has 90 valence electrons. The van der Waals surface area contributed by atoms with Crippen LogP contribution in [0.5, 0.6) is 5.75 Å². The summed E-state index contributed by atoms with van der Waals surface area (Å²) in [6.07, 6.45) is 0.393. The van der Waals surface area contributed by atoms with Gasteiger partial charge in [0.1, 0.15) is 0 Å². The van der Waals surface area contributed by atoms with Gasteiger partial charge in [-0.2, -0.15) is 0 Å². The van der Waals surface area contributed by atoms with Crippen LogP contribution in [0.15, 0.2) is 12.1 Å². The van der Waals surface area contributed by atoms with Crippen molar-refractivity contribution in [1.29, 1.82) is 5.41 Å². The number of phenols is 1. The van der Waals surface area contributed by atoms with E-state index in [1.807, 2.05) is 13.8 Å². The summed E-state index contributed by atoms with van der Waals surface area (Å²) in [5, 5.41) is 19.5. The maximum Gasteiger partial charge on any atom is 0.166 e. The zero-order valence-electron chi connectivity index (χ0n) is 9.36. The van der Waals surface area contributed by atoms with E-state index in [2.05, 4.69) is 27.1 Å². The Bertz CT molecular complexity index is 374. The van der Waals surface area contributed by atoms with Crippen molar-refractivity contribution in [3.05, 3.63) is 23.5 Å². The molecule has 3 nitrogen and oxygen atoms in total. The van der Waals surface area contributed by atoms with Gasteiger partial charge in [0, 0.05) is 29.4 Å². The lowest BCUT2D eigenvalue weighted by Gasteiger charge is -2.09. The minimum atomic E-state index is -0.674. The maximum absolute atomic E-state index is 13.0. The molecule has 1 aromatic carbocycles. The van der Waals surface area contributed by atoms with Crippen molar-refractivity contribution in [2.75, 3.05) is 5.09 Å². The Morgan fingerprint density at radius 2 is 2.06 bits per heavy atom. The predicted molar refractivity (Wildman–Crippen MR) is 77.9 cm³/mol. The highest BCUT2D eigenvalue weighted by molar-refractivity contribution is 14.2. The average molecular weight is 356 g/mol. The topological polar surface area (TPSA) is 56.1 Å². The van der Waals surface area contributed by atoms with Crippen LogP contribution in [0.1, 0.15) is 26.3 Å². The number of hydrogen-bond donors (Lipinski definition) is 3. The van der Waals surface area contributed by atoms with Crippen LogP contribution in [0.4, 0.5) is 10.1 Å². The van der Waals surface area contributed by atoms with E-state index >= 15 is 0 Å². The quantitative estimate of drug-likeness (QED) is 0.327. The second-order valence-electron chi connectivity index (χ2n) is 2.69. The van der Waals surface area contributed by atoms with E-state index in [4.69, 9.17) is 10.5 Å². The number of hydrogen-bond acceptors (Lipinski definition) is 3. The second kappa shape index (κ2) is 7.79. The molecular formula is C10H15FIN2OP. The van der Waals surface area contributed by atoms with Crippen LogP contribution in [-0.4, -0.2) is 10.8 Å². The van der Waals surface area contributed by atoms with Crippen LogP contribution in [0, 0.1) is 11.2 Å². The van der Waals surface area contributed by atoms with Gasteiger partial charge >= 0.3 is 0 Å². The van der Waals surface area contributed by atoms with Crippen LogP contribution >= 0.6 is 28.4 Å². The summed E-state index contributed by atoms with van der Waals surface area (Å²) >= 11 is 2.11. The van der Waals surface area contributed by atoms with Gasteiger partial charge in [-0.05, 0) is 35.0 Å². The fourth-order valence-corrected chi connectivity index (χ4v) is 2.21. The molecule has 1 rings (SSSR count). The molecule has 0 aliphatic heterocycles. The summed E-state index contributed by atoms with van der Waals surface area (Å²) in [5.41, 5.74) is 1.35. The van der Waals surface area contributed by atoms with Crippen molar-refractivity contribution < 1.29 is 9.50 Å². The lowest BCUT2D eigenvalue weighted by molar-refractivity contribution is 0.432. The SMILES string of the molecule is CC.CC(=N)c1cc(O)c(F)cc1NPI. The molecule has 0 aromatic heterocycles. The number of rotatable bonds is 3. The highest BCUT2D eigenvalue weighted by Crippen LogP contribution is 2.31. The predicted octanol–water partition coefficient (Wildman–Crippen LogP) is 4.30. The first-order valence-corrected chi connectivity index (χ1v) is 8.87. The summed E-state index contributed by atoms with van der Waals surface area (Å²) in [4.78, 5) is 0. The number of nitrogens with one attached hydrogen (secondary N) is 2. The number of aromatic hydroxyl groups is 1. The third-order valence-electron chi connectivity index (χ3n) is 1.67. The van der Waals surface area contributed by atoms with Gasteiger partial charge in [0.15, 0.2) is 11.6 Å². The van der Waals surface area contributed by atoms with E-state index in [1.54, 1.807) is 6.92 Å². The smallest absolute Gasteiger partial charge is 0.166 e. The third-order valence-corrected chi connectivity index (χ3v) is 2.85. The summed E-state index contributed by atoms with van der Waals surface area (Å²) in [6.45, 7) is 5.59. The van der Waals surface area contributed by atoms with Gasteiger partial charge in [-0.1, -0.05) is 13.8 Å². The van der Waals surface area contributed by atoms with Gasteiger partial charge in [0.2, 0.25) is 0 Å². The molecule has 3 N–H and O–H groups in total. The van der Waals surface area contributed by atoms with E-state index < -0.39 is 11.6 Å². The number of benzene rings is 1. The van der Waals surface area contributed by atoms with Crippen molar-refractivity contribution in [2.24, 2.45) is 0 Å². The standard InChI is InChI=1S/C8H9FIN2OP.C2H6/c1-4(11)5-2-8(13)6(9)3-7(5)12-14-10;1-2/h2-3,11-14H,1H3;1-2H3. The molecule has 0 amide bonds. The van der Waals surface area contributed by atoms with Crippen LogP contribution in [0.2, 0.25) is 0 Å². The highest BCUT2D eigenvalue weighted by Gasteiger charge is 2.09. The van der Waals surface area contributed by atoms with E-state index in [0.717, 1.165) is 0 Å². The molecule has 0 heterocycles. The minimum absolute atomic E-state index is 0.289. The van der Waals surface area contributed by atoms with E-state index in [1.165, 1.54) is 12.1 Å². The first-order chi connectivity index (χ1) is 7.56. The molecule has 1 aromatic rings. The van der Waals surface area contributed by atoms with Gasteiger partial charge in [-0.15, -0.1) is 0 Å². The van der Waals surface area contributed by atoms with Crippen LogP contribution in [0.25, 0.3) is 0 Å². The fourth-order valence-electron chi connectivity index (χ4n) is 1.03. The van der Waals surface area contributed by atoms with E-state index in [-0.39, 0.29) is 5.71 Å². The molecule has 0 saturated carbocycles. The number of phenolic OH excluding ortho intramolecular Hbond substituents is 1. The molecule has 0 radical (unpaired) electrons. The average Bonchev–Trinajstić information content (AvgIpc) is 2.26. The third kappa shape index (κ3) is 4.22. The summed E-state index contributed by atoms with van der Waals surface area (Å²) in [5.74, 6) is -1.10. The summed E-state index contributed by atoms with van der Waals surface area (Å²) in [6, 6.07) is 2.46.